The Labute approximate surface area is 213 Å². The van der Waals surface area contributed by atoms with Gasteiger partial charge >= 0.3 is 7.60 Å². The minimum absolute atomic E-state index is 0.159. The third-order valence-electron chi connectivity index (χ3n) is 5.46. The van der Waals surface area contributed by atoms with Crippen LogP contribution >= 0.6 is 7.60 Å². The van der Waals surface area contributed by atoms with Gasteiger partial charge < -0.3 is 25.0 Å². The van der Waals surface area contributed by atoms with Gasteiger partial charge in [0.25, 0.3) is 11.4 Å². The molecule has 37 heavy (non-hydrogen) atoms. The second kappa shape index (κ2) is 11.2. The van der Waals surface area contributed by atoms with Gasteiger partial charge in [0.05, 0.1) is 0 Å². The molecule has 4 N–H and O–H groups in total. The summed E-state index contributed by atoms with van der Waals surface area (Å²) >= 11 is 0. The van der Waals surface area contributed by atoms with E-state index in [0.717, 1.165) is 16.7 Å². The smallest absolute Gasteiger partial charge is 0.396 e. The van der Waals surface area contributed by atoms with Crippen LogP contribution in [0.25, 0.3) is 11.1 Å². The maximum Gasteiger partial charge on any atom is 0.396 e. The highest BCUT2D eigenvalue weighted by Crippen LogP contribution is 2.40. The van der Waals surface area contributed by atoms with E-state index in [1.807, 2.05) is 66.7 Å². The van der Waals surface area contributed by atoms with Gasteiger partial charge in [-0.2, -0.15) is 0 Å². The normalized spacial score (nSPS) is 11.1. The first kappa shape index (κ1) is 25.9. The van der Waals surface area contributed by atoms with Gasteiger partial charge in [0.2, 0.25) is 0 Å². The van der Waals surface area contributed by atoms with Crippen molar-refractivity contribution < 1.29 is 33.4 Å². The number of rotatable bonds is 10. The second-order valence-electron chi connectivity index (χ2n) is 8.24. The Morgan fingerprint density at radius 3 is 1.97 bits per heavy atom. The Kier molecular flexibility index (Phi) is 7.84. The lowest BCUT2D eigenvalue weighted by atomic mass is 10.0. The summed E-state index contributed by atoms with van der Waals surface area (Å²) in [6, 6.07) is 29.0. The molecule has 0 saturated heterocycles. The fourth-order valence-corrected chi connectivity index (χ4v) is 4.16. The highest BCUT2D eigenvalue weighted by Gasteiger charge is 2.28. The number of primary amides is 1. The van der Waals surface area contributed by atoms with Crippen molar-refractivity contribution in [2.24, 2.45) is 5.73 Å². The molecule has 0 aliphatic rings. The van der Waals surface area contributed by atoms with E-state index < -0.39 is 19.0 Å². The number of amides is 1. The zero-order valence-electron chi connectivity index (χ0n) is 19.6. The van der Waals surface area contributed by atoms with E-state index in [1.165, 1.54) is 18.2 Å². The van der Waals surface area contributed by atoms with Crippen LogP contribution in [0.15, 0.2) is 97.1 Å². The first-order valence-corrected chi connectivity index (χ1v) is 12.9. The molecule has 0 heterocycles. The molecule has 0 atom stereocenters. The molecule has 8 nitrogen and oxygen atoms in total. The second-order valence-corrected chi connectivity index (χ2v) is 9.73. The minimum Gasteiger partial charge on any atom is -0.483 e. The maximum absolute atomic E-state index is 12.1. The zero-order chi connectivity index (χ0) is 26.4. The van der Waals surface area contributed by atoms with E-state index in [4.69, 9.17) is 15.2 Å². The fraction of sp³-hybridized carbons (Fsp3) is 0.0714. The van der Waals surface area contributed by atoms with E-state index in [2.05, 4.69) is 0 Å². The molecule has 0 spiro atoms. The molecule has 188 valence electrons. The van der Waals surface area contributed by atoms with Gasteiger partial charge in [-0.25, -0.2) is 0 Å². The minimum atomic E-state index is -4.96. The van der Waals surface area contributed by atoms with Crippen molar-refractivity contribution in [3.63, 3.8) is 0 Å². The van der Waals surface area contributed by atoms with Crippen LogP contribution in [-0.2, 0) is 15.8 Å². The summed E-state index contributed by atoms with van der Waals surface area (Å²) in [6.45, 7) is -0.380. The van der Waals surface area contributed by atoms with Crippen molar-refractivity contribution in [2.45, 2.75) is 6.42 Å². The monoisotopic (exact) mass is 517 g/mol. The van der Waals surface area contributed by atoms with Crippen LogP contribution in [-0.4, -0.2) is 27.8 Å². The van der Waals surface area contributed by atoms with Crippen LogP contribution in [0.5, 0.6) is 17.2 Å². The van der Waals surface area contributed by atoms with Gasteiger partial charge in [0.15, 0.2) is 6.61 Å². The van der Waals surface area contributed by atoms with Crippen LogP contribution in [0.1, 0.15) is 21.5 Å². The first-order valence-electron chi connectivity index (χ1n) is 11.3. The molecule has 0 aliphatic heterocycles. The summed E-state index contributed by atoms with van der Waals surface area (Å²) in [5.74, 6) is 0.893. The Morgan fingerprint density at radius 2 is 1.38 bits per heavy atom. The Morgan fingerprint density at radius 1 is 0.784 bits per heavy atom. The largest absolute Gasteiger partial charge is 0.483 e. The van der Waals surface area contributed by atoms with Crippen molar-refractivity contribution in [1.29, 1.82) is 0 Å². The number of nitrogens with two attached hydrogens (primary N) is 1. The van der Waals surface area contributed by atoms with Gasteiger partial charge in [-0.1, -0.05) is 54.6 Å². The quantitative estimate of drug-likeness (QED) is 0.254. The molecule has 1 amide bonds. The lowest BCUT2D eigenvalue weighted by molar-refractivity contribution is -0.119. The topological polar surface area (TPSA) is 136 Å². The van der Waals surface area contributed by atoms with Gasteiger partial charge in [0, 0.05) is 12.0 Å². The Bertz CT molecular complexity index is 1450. The lowest BCUT2D eigenvalue weighted by Gasteiger charge is -2.13. The average Bonchev–Trinajstić information content (AvgIpc) is 2.89. The predicted molar refractivity (Wildman–Crippen MR) is 139 cm³/mol. The van der Waals surface area contributed by atoms with Crippen molar-refractivity contribution in [2.75, 3.05) is 6.61 Å². The molecule has 0 aliphatic carbocycles. The van der Waals surface area contributed by atoms with E-state index in [9.17, 15) is 23.9 Å². The van der Waals surface area contributed by atoms with E-state index >= 15 is 0 Å². The molecule has 4 aromatic rings. The van der Waals surface area contributed by atoms with Crippen LogP contribution in [0, 0.1) is 0 Å². The predicted octanol–water partition coefficient (Wildman–Crippen LogP) is 4.92. The third kappa shape index (κ3) is 6.92. The summed E-state index contributed by atoms with van der Waals surface area (Å²) in [7, 11) is -4.96. The van der Waals surface area contributed by atoms with Crippen molar-refractivity contribution >= 4 is 19.0 Å². The number of hydrogen-bond donors (Lipinski definition) is 3. The van der Waals surface area contributed by atoms with Gasteiger partial charge in [-0.15, -0.1) is 0 Å². The zero-order valence-corrected chi connectivity index (χ0v) is 20.5. The summed E-state index contributed by atoms with van der Waals surface area (Å²) in [5.41, 5.74) is 7.18. The molecule has 4 aromatic carbocycles. The summed E-state index contributed by atoms with van der Waals surface area (Å²) in [6.07, 6.45) is 0.266. The molecule has 0 fully saturated rings. The third-order valence-corrected chi connectivity index (χ3v) is 6.24. The fourth-order valence-electron chi connectivity index (χ4n) is 3.69. The van der Waals surface area contributed by atoms with Crippen LogP contribution in [0.4, 0.5) is 0 Å². The molecule has 9 heteroatoms. The Balaban J connectivity index is 1.50. The number of carbonyl (C=O) groups is 2. The molecule has 0 radical (unpaired) electrons. The van der Waals surface area contributed by atoms with Gasteiger partial charge in [-0.3, -0.25) is 14.2 Å². The summed E-state index contributed by atoms with van der Waals surface area (Å²) in [5, 5.41) is 0. The molecule has 0 unspecified atom stereocenters. The molecular formula is C28H24NO7P. The highest BCUT2D eigenvalue weighted by molar-refractivity contribution is 7.70. The van der Waals surface area contributed by atoms with Crippen molar-refractivity contribution in [3.05, 3.63) is 114 Å². The molecule has 0 saturated carbocycles. The lowest BCUT2D eigenvalue weighted by Crippen LogP contribution is -2.20. The SMILES string of the molecule is NC(=O)COc1ccc(C(=O)P(=O)(O)O)cc1Cc1ccc(Oc2ccc(-c3ccccc3)cc2)cc1. The van der Waals surface area contributed by atoms with E-state index in [-0.39, 0.29) is 24.3 Å². The first-order chi connectivity index (χ1) is 17.7. The van der Waals surface area contributed by atoms with Crippen LogP contribution in [0.2, 0.25) is 0 Å². The molecule has 0 aromatic heterocycles. The van der Waals surface area contributed by atoms with Crippen molar-refractivity contribution in [1.82, 2.24) is 0 Å². The van der Waals surface area contributed by atoms with Crippen LogP contribution in [0.3, 0.4) is 0 Å². The average molecular weight is 517 g/mol. The van der Waals surface area contributed by atoms with Gasteiger partial charge in [-0.05, 0) is 64.7 Å². The number of benzene rings is 4. The molecule has 4 rings (SSSR count). The Hall–Kier alpha value is -4.23. The molecule has 0 bridgehead atoms. The number of carbonyl (C=O) groups excluding carboxylic acids is 2. The van der Waals surface area contributed by atoms with Gasteiger partial charge in [0.1, 0.15) is 17.2 Å². The van der Waals surface area contributed by atoms with E-state index in [0.29, 0.717) is 17.1 Å². The summed E-state index contributed by atoms with van der Waals surface area (Å²) < 4.78 is 22.8. The summed E-state index contributed by atoms with van der Waals surface area (Å²) in [4.78, 5) is 41.7. The standard InChI is InChI=1S/C28H24NO7P/c29-27(30)18-35-26-15-10-22(28(31)37(32,33)34)17-23(26)16-19-6-11-24(12-7-19)36-25-13-8-21(9-14-25)20-4-2-1-3-5-20/h1-15,17H,16,18H2,(H2,29,30)(H2,32,33,34). The number of ether oxygens (including phenoxy) is 2. The van der Waals surface area contributed by atoms with Crippen molar-refractivity contribution in [3.8, 4) is 28.4 Å². The maximum atomic E-state index is 12.1. The number of hydrogen-bond acceptors (Lipinski definition) is 5. The van der Waals surface area contributed by atoms with Crippen LogP contribution < -0.4 is 15.2 Å². The van der Waals surface area contributed by atoms with E-state index in [1.54, 1.807) is 12.1 Å². The molecular weight excluding hydrogens is 493 g/mol. The highest BCUT2D eigenvalue weighted by atomic mass is 31.2.